The van der Waals surface area contributed by atoms with Crippen LogP contribution in [0.5, 0.6) is 0 Å². The lowest BCUT2D eigenvalue weighted by atomic mass is 9.68. The highest BCUT2D eigenvalue weighted by Crippen LogP contribution is 2.68. The summed E-state index contributed by atoms with van der Waals surface area (Å²) in [7, 11) is 0. The first kappa shape index (κ1) is 21.1. The number of hydrogen-bond acceptors (Lipinski definition) is 5. The zero-order valence-corrected chi connectivity index (χ0v) is 21.5. The Bertz CT molecular complexity index is 1410. The second kappa shape index (κ2) is 7.42. The molecule has 8 heteroatoms. The predicted octanol–water partition coefficient (Wildman–Crippen LogP) is 5.19. The number of amides is 2. The summed E-state index contributed by atoms with van der Waals surface area (Å²) < 4.78 is 1.00. The molecule has 0 spiro atoms. The van der Waals surface area contributed by atoms with E-state index in [9.17, 15) is 14.4 Å². The van der Waals surface area contributed by atoms with Crippen LogP contribution in [-0.2, 0) is 9.59 Å². The number of nitrogens with zero attached hydrogens (tertiary/aromatic N) is 1. The molecule has 3 aromatic rings. The van der Waals surface area contributed by atoms with Crippen molar-refractivity contribution >= 4 is 56.5 Å². The molecule has 5 unspecified atom stereocenters. The fourth-order valence-electron chi connectivity index (χ4n) is 7.04. The summed E-state index contributed by atoms with van der Waals surface area (Å²) in [6.07, 6.45) is 0.903. The van der Waals surface area contributed by atoms with Gasteiger partial charge in [0.05, 0.1) is 22.5 Å². The van der Waals surface area contributed by atoms with Crippen molar-refractivity contribution in [2.75, 3.05) is 4.90 Å². The first-order valence-corrected chi connectivity index (χ1v) is 14.0. The molecule has 4 aliphatic rings. The van der Waals surface area contributed by atoms with Gasteiger partial charge >= 0.3 is 4.87 Å². The molecule has 5 nitrogen and oxygen atoms in total. The van der Waals surface area contributed by atoms with Gasteiger partial charge in [0.1, 0.15) is 0 Å². The third-order valence-electron chi connectivity index (χ3n) is 8.22. The summed E-state index contributed by atoms with van der Waals surface area (Å²) in [6.45, 7) is 2.00. The fourth-order valence-corrected chi connectivity index (χ4v) is 10.3. The molecule has 2 bridgehead atoms. The standard InChI is InChI=1S/C26H21BrN2O3S2/c1-11-5-7-14(8-6-11)29-24(30)19-15-10-16(20(19)25(29)31)21-18(15)17(12-3-2-4-13(27)9-12)22-23(33-21)28-26(32)34-22/h2-9,15-21H,10H2,1H3,(H,28,32)/t15-,16-,17?,18?,19?,20?,21?/m1/s1. The van der Waals surface area contributed by atoms with Crippen LogP contribution in [0, 0.1) is 36.5 Å². The van der Waals surface area contributed by atoms with Crippen molar-refractivity contribution in [3.63, 3.8) is 0 Å². The van der Waals surface area contributed by atoms with Crippen molar-refractivity contribution in [1.29, 1.82) is 0 Å². The number of halogens is 1. The number of anilines is 1. The second-order valence-electron chi connectivity index (χ2n) is 9.86. The molecule has 3 fully saturated rings. The van der Waals surface area contributed by atoms with Gasteiger partial charge in [0.15, 0.2) is 0 Å². The monoisotopic (exact) mass is 552 g/mol. The number of carbonyl (C=O) groups excluding carboxylic acids is 2. The molecule has 7 rings (SSSR count). The summed E-state index contributed by atoms with van der Waals surface area (Å²) in [5, 5.41) is 1.15. The molecule has 0 radical (unpaired) electrons. The Morgan fingerprint density at radius 3 is 2.47 bits per heavy atom. The zero-order valence-electron chi connectivity index (χ0n) is 18.2. The first-order chi connectivity index (χ1) is 16.4. The van der Waals surface area contributed by atoms with E-state index < -0.39 is 0 Å². The number of thioether (sulfide) groups is 1. The van der Waals surface area contributed by atoms with E-state index in [0.717, 1.165) is 31.9 Å². The highest BCUT2D eigenvalue weighted by atomic mass is 79.9. The number of carbonyl (C=O) groups is 2. The number of hydrogen-bond donors (Lipinski definition) is 1. The number of H-pyrrole nitrogens is 1. The Kier molecular flexibility index (Phi) is 4.61. The first-order valence-electron chi connectivity index (χ1n) is 11.5. The third kappa shape index (κ3) is 2.82. The van der Waals surface area contributed by atoms with Gasteiger partial charge in [0.2, 0.25) is 11.8 Å². The number of aryl methyl sites for hydroxylation is 1. The van der Waals surface area contributed by atoms with Crippen LogP contribution < -0.4 is 9.77 Å². The zero-order chi connectivity index (χ0) is 23.3. The second-order valence-corrected chi connectivity index (χ2v) is 13.0. The van der Waals surface area contributed by atoms with Crippen LogP contribution in [0.2, 0.25) is 0 Å². The van der Waals surface area contributed by atoms with Gasteiger partial charge in [0.25, 0.3) is 0 Å². The van der Waals surface area contributed by atoms with Gasteiger partial charge in [-0.05, 0) is 60.9 Å². The molecule has 1 aromatic heterocycles. The van der Waals surface area contributed by atoms with Crippen LogP contribution >= 0.6 is 39.0 Å². The Morgan fingerprint density at radius 2 is 1.74 bits per heavy atom. The van der Waals surface area contributed by atoms with Crippen molar-refractivity contribution in [2.45, 2.75) is 29.5 Å². The van der Waals surface area contributed by atoms with E-state index in [1.165, 1.54) is 16.2 Å². The Balaban J connectivity index is 1.33. The molecule has 2 aliphatic heterocycles. The van der Waals surface area contributed by atoms with Gasteiger partial charge in [-0.1, -0.05) is 57.1 Å². The van der Waals surface area contributed by atoms with Crippen molar-refractivity contribution in [3.05, 3.63) is 78.7 Å². The summed E-state index contributed by atoms with van der Waals surface area (Å²) in [5.74, 6) is -0.0777. The summed E-state index contributed by atoms with van der Waals surface area (Å²) in [5.41, 5.74) is 2.94. The van der Waals surface area contributed by atoms with Crippen molar-refractivity contribution in [1.82, 2.24) is 4.98 Å². The number of benzene rings is 2. The topological polar surface area (TPSA) is 70.2 Å². The quantitative estimate of drug-likeness (QED) is 0.444. The van der Waals surface area contributed by atoms with E-state index in [1.54, 1.807) is 11.8 Å². The van der Waals surface area contributed by atoms with E-state index in [1.807, 2.05) is 43.3 Å². The molecule has 2 aliphatic carbocycles. The van der Waals surface area contributed by atoms with Crippen LogP contribution in [0.4, 0.5) is 5.69 Å². The SMILES string of the molecule is Cc1ccc(N2C(=O)C3C(C2=O)[C@@H]2C[C@H]3C3Sc4[nH]c(=O)sc4C(c4cccc(Br)c4)C32)cc1. The molecule has 2 amide bonds. The summed E-state index contributed by atoms with van der Waals surface area (Å²) >= 11 is 6.63. The highest BCUT2D eigenvalue weighted by Gasteiger charge is 2.69. The maximum Gasteiger partial charge on any atom is 0.305 e. The van der Waals surface area contributed by atoms with Crippen molar-refractivity contribution in [2.24, 2.45) is 29.6 Å². The minimum Gasteiger partial charge on any atom is -0.307 e. The number of rotatable bonds is 2. The van der Waals surface area contributed by atoms with E-state index in [-0.39, 0.29) is 57.4 Å². The minimum atomic E-state index is -0.271. The van der Waals surface area contributed by atoms with E-state index in [4.69, 9.17) is 0 Å². The number of imide groups is 1. The lowest BCUT2D eigenvalue weighted by Crippen LogP contribution is -2.42. The largest absolute Gasteiger partial charge is 0.307 e. The van der Waals surface area contributed by atoms with E-state index in [2.05, 4.69) is 33.0 Å². The molecular weight excluding hydrogens is 532 g/mol. The Hall–Kier alpha value is -2.16. The maximum absolute atomic E-state index is 13.7. The number of fused-ring (bicyclic) bond motifs is 9. The van der Waals surface area contributed by atoms with Crippen LogP contribution in [0.3, 0.4) is 0 Å². The van der Waals surface area contributed by atoms with Crippen LogP contribution in [0.15, 0.2) is 62.8 Å². The molecule has 1 saturated heterocycles. The van der Waals surface area contributed by atoms with E-state index in [0.29, 0.717) is 5.69 Å². The van der Waals surface area contributed by atoms with Crippen molar-refractivity contribution < 1.29 is 9.59 Å². The number of nitrogens with one attached hydrogen (secondary N) is 1. The van der Waals surface area contributed by atoms with Gasteiger partial charge in [0, 0.05) is 20.5 Å². The van der Waals surface area contributed by atoms with Gasteiger partial charge in [-0.15, -0.1) is 11.8 Å². The van der Waals surface area contributed by atoms with Crippen LogP contribution in [0.25, 0.3) is 0 Å². The van der Waals surface area contributed by atoms with Gasteiger partial charge in [-0.2, -0.15) is 0 Å². The Morgan fingerprint density at radius 1 is 1.00 bits per heavy atom. The number of thiazole rings is 1. The van der Waals surface area contributed by atoms with Gasteiger partial charge < -0.3 is 4.98 Å². The molecular formula is C26H21BrN2O3S2. The molecule has 3 heterocycles. The lowest BCUT2D eigenvalue weighted by Gasteiger charge is -2.43. The molecule has 2 aromatic carbocycles. The molecule has 34 heavy (non-hydrogen) atoms. The molecule has 7 atom stereocenters. The molecule has 1 N–H and O–H groups in total. The Labute approximate surface area is 213 Å². The summed E-state index contributed by atoms with van der Waals surface area (Å²) in [4.78, 5) is 45.2. The number of aromatic nitrogens is 1. The van der Waals surface area contributed by atoms with Crippen LogP contribution in [0.1, 0.15) is 28.3 Å². The average Bonchev–Trinajstić information content (AvgIpc) is 3.53. The van der Waals surface area contributed by atoms with Crippen LogP contribution in [-0.4, -0.2) is 22.0 Å². The maximum atomic E-state index is 13.7. The fraction of sp³-hybridized carbons (Fsp3) is 0.346. The smallest absolute Gasteiger partial charge is 0.305 e. The third-order valence-corrected chi connectivity index (χ3v) is 11.3. The molecule has 172 valence electrons. The normalized spacial score (nSPS) is 33.2. The predicted molar refractivity (Wildman–Crippen MR) is 136 cm³/mol. The van der Waals surface area contributed by atoms with E-state index >= 15 is 0 Å². The van der Waals surface area contributed by atoms with Gasteiger partial charge in [-0.3, -0.25) is 19.3 Å². The number of aromatic amines is 1. The minimum absolute atomic E-state index is 0.0392. The summed E-state index contributed by atoms with van der Waals surface area (Å²) in [6, 6.07) is 16.0. The average molecular weight is 554 g/mol. The van der Waals surface area contributed by atoms with Crippen molar-refractivity contribution in [3.8, 4) is 0 Å². The highest BCUT2D eigenvalue weighted by molar-refractivity contribution is 9.10. The van der Waals surface area contributed by atoms with Gasteiger partial charge in [-0.25, -0.2) is 0 Å². The lowest BCUT2D eigenvalue weighted by molar-refractivity contribution is -0.123. The molecule has 2 saturated carbocycles.